The van der Waals surface area contributed by atoms with Gasteiger partial charge >= 0.3 is 5.97 Å². The molecule has 1 aromatic heterocycles. The van der Waals surface area contributed by atoms with Gasteiger partial charge in [-0.05, 0) is 43.3 Å². The molecule has 0 atom stereocenters. The predicted octanol–water partition coefficient (Wildman–Crippen LogP) is 4.55. The van der Waals surface area contributed by atoms with E-state index in [1.165, 1.54) is 24.5 Å². The highest BCUT2D eigenvalue weighted by molar-refractivity contribution is 7.89. The Morgan fingerprint density at radius 2 is 1.83 bits per heavy atom. The zero-order valence-corrected chi connectivity index (χ0v) is 20.1. The summed E-state index contributed by atoms with van der Waals surface area (Å²) in [5.41, 5.74) is 3.55. The van der Waals surface area contributed by atoms with Crippen molar-refractivity contribution in [3.63, 3.8) is 0 Å². The highest BCUT2D eigenvalue weighted by Gasteiger charge is 2.23. The molecule has 7 nitrogen and oxygen atoms in total. The normalized spacial score (nSPS) is 11.2. The number of hydrogen-bond acceptors (Lipinski definition) is 6. The summed E-state index contributed by atoms with van der Waals surface area (Å²) >= 11 is 24.1. The Morgan fingerprint density at radius 3 is 2.41 bits per heavy atom. The molecule has 0 fully saturated rings. The minimum atomic E-state index is -4.11. The van der Waals surface area contributed by atoms with E-state index in [2.05, 4.69) is 15.6 Å². The van der Waals surface area contributed by atoms with Gasteiger partial charge in [0, 0.05) is 4.88 Å². The Labute approximate surface area is 192 Å². The van der Waals surface area contributed by atoms with E-state index in [9.17, 15) is 13.2 Å². The van der Waals surface area contributed by atoms with Gasteiger partial charge in [0.05, 0.1) is 27.7 Å². The summed E-state index contributed by atoms with van der Waals surface area (Å²) in [6.07, 6.45) is 0.622. The number of aryl methyl sites for hydroxylation is 1. The Morgan fingerprint density at radius 1 is 1.21 bits per heavy atom. The second-order valence-corrected chi connectivity index (χ2v) is 10.1. The van der Waals surface area contributed by atoms with Crippen molar-refractivity contribution in [2.45, 2.75) is 25.2 Å². The molecule has 2 rings (SSSR count). The van der Waals surface area contributed by atoms with Crippen LogP contribution in [0.4, 0.5) is 5.00 Å². The van der Waals surface area contributed by atoms with Gasteiger partial charge in [-0.25, -0.2) is 13.2 Å². The largest absolute Gasteiger partial charge is 0.465 e. The lowest BCUT2D eigenvalue weighted by Crippen LogP contribution is -2.43. The molecule has 0 saturated carbocycles. The Balaban J connectivity index is 2.19. The minimum Gasteiger partial charge on any atom is -0.465 e. The number of anilines is 1. The van der Waals surface area contributed by atoms with Crippen LogP contribution in [0.3, 0.4) is 0 Å². The molecule has 2 aromatic rings. The second kappa shape index (κ2) is 9.78. The molecule has 0 unspecified atom stereocenters. The zero-order chi connectivity index (χ0) is 21.9. The summed E-state index contributed by atoms with van der Waals surface area (Å²) in [6, 6.07) is 2.35. The number of carbonyl (C=O) groups is 1. The molecule has 0 aliphatic heterocycles. The number of halogens is 3. The first kappa shape index (κ1) is 24.1. The van der Waals surface area contributed by atoms with Gasteiger partial charge in [-0.1, -0.05) is 41.7 Å². The first-order valence-corrected chi connectivity index (χ1v) is 11.8. The predicted molar refractivity (Wildman–Crippen MR) is 121 cm³/mol. The van der Waals surface area contributed by atoms with Crippen LogP contribution in [0.1, 0.15) is 27.7 Å². The molecule has 158 valence electrons. The van der Waals surface area contributed by atoms with Crippen molar-refractivity contribution < 1.29 is 17.9 Å². The van der Waals surface area contributed by atoms with Crippen LogP contribution in [0.5, 0.6) is 0 Å². The molecule has 1 heterocycles. The lowest BCUT2D eigenvalue weighted by molar-refractivity contribution is 0.0601. The number of nitrogens with one attached hydrogen (secondary N) is 3. The van der Waals surface area contributed by atoms with Gasteiger partial charge in [0.15, 0.2) is 5.11 Å². The van der Waals surface area contributed by atoms with E-state index < -0.39 is 16.0 Å². The van der Waals surface area contributed by atoms with Gasteiger partial charge in [0.1, 0.15) is 9.90 Å². The van der Waals surface area contributed by atoms with E-state index in [0.717, 1.165) is 16.5 Å². The number of carbonyl (C=O) groups excluding carboxylic acids is 1. The van der Waals surface area contributed by atoms with E-state index in [1.807, 2.05) is 13.8 Å². The number of benzene rings is 1. The maximum Gasteiger partial charge on any atom is 0.341 e. The summed E-state index contributed by atoms with van der Waals surface area (Å²) in [5, 5.41) is 3.21. The average Bonchev–Trinajstić information content (AvgIpc) is 2.97. The van der Waals surface area contributed by atoms with Crippen LogP contribution in [0.2, 0.25) is 15.1 Å². The first-order chi connectivity index (χ1) is 13.5. The van der Waals surface area contributed by atoms with E-state index in [0.29, 0.717) is 17.0 Å². The molecule has 0 radical (unpaired) electrons. The Hall–Kier alpha value is -1.14. The van der Waals surface area contributed by atoms with Crippen molar-refractivity contribution in [3.8, 4) is 0 Å². The maximum absolute atomic E-state index is 12.5. The summed E-state index contributed by atoms with van der Waals surface area (Å²) < 4.78 is 29.8. The summed E-state index contributed by atoms with van der Waals surface area (Å²) in [6.45, 7) is 3.78. The van der Waals surface area contributed by atoms with Crippen molar-refractivity contribution in [2.75, 3.05) is 12.4 Å². The van der Waals surface area contributed by atoms with Crippen LogP contribution in [0.25, 0.3) is 0 Å². The van der Waals surface area contributed by atoms with E-state index in [-0.39, 0.29) is 25.1 Å². The SMILES string of the molecule is CCc1c(C)sc(NC(=S)NNS(=O)(=O)c2cc(Cl)c(Cl)cc2Cl)c1C(=O)OC. The van der Waals surface area contributed by atoms with Crippen molar-refractivity contribution in [2.24, 2.45) is 0 Å². The fourth-order valence-electron chi connectivity index (χ4n) is 2.42. The number of thiophene rings is 1. The number of hydrogen-bond donors (Lipinski definition) is 3. The molecule has 13 heteroatoms. The summed E-state index contributed by atoms with van der Waals surface area (Å²) in [7, 11) is -2.83. The lowest BCUT2D eigenvalue weighted by atomic mass is 10.1. The molecule has 0 amide bonds. The standard InChI is InChI=1S/C16H16Cl3N3O4S3/c1-4-8-7(2)28-14(13(8)15(23)26-3)20-16(27)21-22-29(24,25)12-6-10(18)9(17)5-11(12)19/h5-6,22H,4H2,1-3H3,(H2,20,21,27). The third-order valence-corrected chi connectivity index (χ3v) is 7.44. The number of methoxy groups -OCH3 is 1. The molecule has 0 aliphatic rings. The molecule has 3 N–H and O–H groups in total. The monoisotopic (exact) mass is 515 g/mol. The fourth-order valence-corrected chi connectivity index (χ4v) is 5.69. The van der Waals surface area contributed by atoms with Gasteiger partial charge in [-0.3, -0.25) is 5.43 Å². The van der Waals surface area contributed by atoms with Crippen LogP contribution in [0, 0.1) is 6.92 Å². The number of ether oxygens (including phenoxy) is 1. The van der Waals surface area contributed by atoms with E-state index in [1.54, 1.807) is 0 Å². The molecule has 0 bridgehead atoms. The molecule has 0 spiro atoms. The third-order valence-electron chi connectivity index (χ3n) is 3.74. The topological polar surface area (TPSA) is 96.5 Å². The number of hydrazine groups is 1. The van der Waals surface area contributed by atoms with Crippen LogP contribution >= 0.6 is 58.4 Å². The van der Waals surface area contributed by atoms with Gasteiger partial charge in [0.2, 0.25) is 0 Å². The minimum absolute atomic E-state index is 0.0287. The van der Waals surface area contributed by atoms with Gasteiger partial charge in [-0.15, -0.1) is 16.2 Å². The number of sulfonamides is 1. The highest BCUT2D eigenvalue weighted by atomic mass is 35.5. The molecule has 29 heavy (non-hydrogen) atoms. The summed E-state index contributed by atoms with van der Waals surface area (Å²) in [5.74, 6) is -0.514. The fraction of sp³-hybridized carbons (Fsp3) is 0.250. The number of thiocarbonyl (C=S) groups is 1. The smallest absolute Gasteiger partial charge is 0.341 e. The Kier molecular flexibility index (Phi) is 8.14. The van der Waals surface area contributed by atoms with Crippen LogP contribution in [-0.2, 0) is 21.2 Å². The number of rotatable bonds is 6. The second-order valence-electron chi connectivity index (χ2n) is 5.57. The maximum atomic E-state index is 12.5. The van der Waals surface area contributed by atoms with Crippen molar-refractivity contribution in [1.29, 1.82) is 0 Å². The summed E-state index contributed by atoms with van der Waals surface area (Å²) in [4.78, 5) is 14.9. The van der Waals surface area contributed by atoms with Crippen molar-refractivity contribution in [1.82, 2.24) is 10.3 Å². The Bertz CT molecular complexity index is 1070. The quantitative estimate of drug-likeness (QED) is 0.224. The van der Waals surface area contributed by atoms with E-state index in [4.69, 9.17) is 51.8 Å². The average molecular weight is 517 g/mol. The van der Waals surface area contributed by atoms with Crippen LogP contribution < -0.4 is 15.6 Å². The van der Waals surface area contributed by atoms with E-state index >= 15 is 0 Å². The lowest BCUT2D eigenvalue weighted by Gasteiger charge is -2.13. The molecule has 0 saturated heterocycles. The molecular weight excluding hydrogens is 501 g/mol. The van der Waals surface area contributed by atoms with Gasteiger partial charge < -0.3 is 10.1 Å². The van der Waals surface area contributed by atoms with Gasteiger partial charge in [-0.2, -0.15) is 0 Å². The number of esters is 1. The van der Waals surface area contributed by atoms with Crippen molar-refractivity contribution in [3.05, 3.63) is 43.2 Å². The first-order valence-electron chi connectivity index (χ1n) is 7.95. The zero-order valence-electron chi connectivity index (χ0n) is 15.4. The molecule has 0 aliphatic carbocycles. The highest BCUT2D eigenvalue weighted by Crippen LogP contribution is 2.34. The van der Waals surface area contributed by atoms with Crippen molar-refractivity contribution >= 4 is 84.5 Å². The van der Waals surface area contributed by atoms with Crippen LogP contribution in [-0.4, -0.2) is 26.6 Å². The van der Waals surface area contributed by atoms with Crippen LogP contribution in [0.15, 0.2) is 17.0 Å². The molecule has 1 aromatic carbocycles. The third kappa shape index (κ3) is 5.52. The van der Waals surface area contributed by atoms with Gasteiger partial charge in [0.25, 0.3) is 10.0 Å². The molecular formula is C16H16Cl3N3O4S3.